The highest BCUT2D eigenvalue weighted by Crippen LogP contribution is 2.06. The van der Waals surface area contributed by atoms with Crippen molar-refractivity contribution in [2.24, 2.45) is 5.92 Å². The van der Waals surface area contributed by atoms with E-state index >= 15 is 0 Å². The minimum Gasteiger partial charge on any atom is -0.467 e. The smallest absolute Gasteiger partial charge is 0.328 e. The van der Waals surface area contributed by atoms with Crippen molar-refractivity contribution in [3.05, 3.63) is 12.2 Å². The number of nitrogens with one attached hydrogen (secondary N) is 3. The fourth-order valence-corrected chi connectivity index (χ4v) is 1.96. The molecule has 0 spiro atoms. The van der Waals surface area contributed by atoms with Gasteiger partial charge in [-0.05, 0) is 26.2 Å². The molecule has 0 aromatic carbocycles. The summed E-state index contributed by atoms with van der Waals surface area (Å²) in [6.07, 6.45) is 0.455. The monoisotopic (exact) mass is 355 g/mol. The summed E-state index contributed by atoms with van der Waals surface area (Å²) in [6, 6.07) is -1.57. The molecule has 0 aliphatic carbocycles. The molecule has 8 heteroatoms. The van der Waals surface area contributed by atoms with E-state index in [4.69, 9.17) is 0 Å². The zero-order valence-electron chi connectivity index (χ0n) is 15.6. The SMILES string of the molecule is C=C(C)C(=O)NCCC(=O)N[C@@H](CC(C)C)C(=O)N[C@@H](C)C(=O)OC. The largest absolute Gasteiger partial charge is 0.467 e. The lowest BCUT2D eigenvalue weighted by Gasteiger charge is -2.22. The molecule has 142 valence electrons. The quantitative estimate of drug-likeness (QED) is 0.385. The van der Waals surface area contributed by atoms with Crippen LogP contribution in [0.15, 0.2) is 12.2 Å². The molecule has 0 aromatic rings. The molecule has 0 bridgehead atoms. The van der Waals surface area contributed by atoms with Crippen LogP contribution in [0.4, 0.5) is 0 Å². The maximum Gasteiger partial charge on any atom is 0.328 e. The minimum absolute atomic E-state index is 0.0352. The highest BCUT2D eigenvalue weighted by atomic mass is 16.5. The fraction of sp³-hybridized carbons (Fsp3) is 0.647. The molecule has 0 rings (SSSR count). The number of hydrogen-bond acceptors (Lipinski definition) is 5. The Morgan fingerprint density at radius 2 is 1.68 bits per heavy atom. The van der Waals surface area contributed by atoms with Gasteiger partial charge >= 0.3 is 5.97 Å². The van der Waals surface area contributed by atoms with Gasteiger partial charge in [-0.15, -0.1) is 0 Å². The first-order valence-corrected chi connectivity index (χ1v) is 8.19. The van der Waals surface area contributed by atoms with Crippen LogP contribution in [0.1, 0.15) is 40.5 Å². The van der Waals surface area contributed by atoms with Crippen LogP contribution in [0.2, 0.25) is 0 Å². The van der Waals surface area contributed by atoms with Crippen LogP contribution in [0.25, 0.3) is 0 Å². The first-order valence-electron chi connectivity index (χ1n) is 8.19. The lowest BCUT2D eigenvalue weighted by atomic mass is 10.0. The van der Waals surface area contributed by atoms with Crippen LogP contribution >= 0.6 is 0 Å². The summed E-state index contributed by atoms with van der Waals surface area (Å²) in [5, 5.41) is 7.71. The number of carbonyl (C=O) groups excluding carboxylic acids is 4. The van der Waals surface area contributed by atoms with Gasteiger partial charge in [0, 0.05) is 18.5 Å². The highest BCUT2D eigenvalue weighted by molar-refractivity contribution is 5.93. The Balaban J connectivity index is 4.63. The van der Waals surface area contributed by atoms with E-state index in [-0.39, 0.29) is 30.7 Å². The Kier molecular flexibility index (Phi) is 10.2. The van der Waals surface area contributed by atoms with Crippen LogP contribution in [0.3, 0.4) is 0 Å². The molecular weight excluding hydrogens is 326 g/mol. The average molecular weight is 355 g/mol. The zero-order valence-corrected chi connectivity index (χ0v) is 15.6. The zero-order chi connectivity index (χ0) is 19.6. The van der Waals surface area contributed by atoms with Gasteiger partial charge < -0.3 is 20.7 Å². The van der Waals surface area contributed by atoms with E-state index in [9.17, 15) is 19.2 Å². The first-order chi connectivity index (χ1) is 11.6. The fourth-order valence-electron chi connectivity index (χ4n) is 1.96. The Morgan fingerprint density at radius 3 is 2.16 bits per heavy atom. The summed E-state index contributed by atoms with van der Waals surface area (Å²) in [6.45, 7) is 10.6. The third kappa shape index (κ3) is 9.49. The lowest BCUT2D eigenvalue weighted by molar-refractivity contribution is -0.144. The summed E-state index contributed by atoms with van der Waals surface area (Å²) in [7, 11) is 1.23. The van der Waals surface area contributed by atoms with Crippen molar-refractivity contribution in [3.63, 3.8) is 0 Å². The van der Waals surface area contributed by atoms with Crippen molar-refractivity contribution in [2.45, 2.75) is 52.6 Å². The van der Waals surface area contributed by atoms with Crippen LogP contribution in [0, 0.1) is 5.92 Å². The van der Waals surface area contributed by atoms with E-state index in [2.05, 4.69) is 27.3 Å². The molecule has 0 aromatic heterocycles. The second kappa shape index (κ2) is 11.2. The van der Waals surface area contributed by atoms with Gasteiger partial charge in [0.15, 0.2) is 0 Å². The second-order valence-electron chi connectivity index (χ2n) is 6.29. The molecule has 8 nitrogen and oxygen atoms in total. The Labute approximate surface area is 148 Å². The molecule has 0 saturated heterocycles. The predicted octanol–water partition coefficient (Wildman–Crippen LogP) is 0.277. The van der Waals surface area contributed by atoms with Gasteiger partial charge in [0.05, 0.1) is 7.11 Å². The van der Waals surface area contributed by atoms with Crippen molar-refractivity contribution < 1.29 is 23.9 Å². The Hall–Kier alpha value is -2.38. The van der Waals surface area contributed by atoms with Gasteiger partial charge in [0.25, 0.3) is 0 Å². The molecule has 3 amide bonds. The first kappa shape index (κ1) is 22.6. The third-order valence-electron chi connectivity index (χ3n) is 3.30. The van der Waals surface area contributed by atoms with Gasteiger partial charge in [-0.25, -0.2) is 4.79 Å². The number of amides is 3. The molecule has 0 saturated carbocycles. The van der Waals surface area contributed by atoms with Crippen molar-refractivity contribution in [3.8, 4) is 0 Å². The Bertz CT molecular complexity index is 516. The number of methoxy groups -OCH3 is 1. The van der Waals surface area contributed by atoms with Gasteiger partial charge in [0.1, 0.15) is 12.1 Å². The number of esters is 1. The van der Waals surface area contributed by atoms with Crippen molar-refractivity contribution in [1.82, 2.24) is 16.0 Å². The normalized spacial score (nSPS) is 12.7. The molecule has 25 heavy (non-hydrogen) atoms. The summed E-state index contributed by atoms with van der Waals surface area (Å²) >= 11 is 0. The predicted molar refractivity (Wildman–Crippen MR) is 93.4 cm³/mol. The number of rotatable bonds is 10. The molecular formula is C17H29N3O5. The van der Waals surface area contributed by atoms with E-state index in [1.54, 1.807) is 6.92 Å². The van der Waals surface area contributed by atoms with Crippen LogP contribution in [-0.2, 0) is 23.9 Å². The number of ether oxygens (including phenoxy) is 1. The molecule has 0 heterocycles. The molecule has 0 aliphatic rings. The van der Waals surface area contributed by atoms with Gasteiger partial charge in [-0.2, -0.15) is 0 Å². The summed E-state index contributed by atoms with van der Waals surface area (Å²) in [4.78, 5) is 47.1. The maximum absolute atomic E-state index is 12.3. The van der Waals surface area contributed by atoms with E-state index in [1.165, 1.54) is 14.0 Å². The molecule has 0 radical (unpaired) electrons. The van der Waals surface area contributed by atoms with Crippen molar-refractivity contribution in [1.29, 1.82) is 0 Å². The van der Waals surface area contributed by atoms with Crippen LogP contribution < -0.4 is 16.0 Å². The number of hydrogen-bond donors (Lipinski definition) is 3. The van der Waals surface area contributed by atoms with E-state index in [0.717, 1.165) is 0 Å². The van der Waals surface area contributed by atoms with E-state index in [0.29, 0.717) is 12.0 Å². The molecule has 0 unspecified atom stereocenters. The maximum atomic E-state index is 12.3. The Morgan fingerprint density at radius 1 is 1.08 bits per heavy atom. The van der Waals surface area contributed by atoms with Crippen molar-refractivity contribution >= 4 is 23.7 Å². The summed E-state index contributed by atoms with van der Waals surface area (Å²) in [5.74, 6) is -1.55. The standard InChI is InChI=1S/C17H29N3O5/c1-10(2)9-13(16(23)19-12(5)17(24)25-6)20-14(21)7-8-18-15(22)11(3)4/h10,12-13H,3,7-9H2,1-2,4-6H3,(H,18,22)(H,19,23)(H,20,21)/t12-,13-/m0/s1. The van der Waals surface area contributed by atoms with Crippen LogP contribution in [0.5, 0.6) is 0 Å². The van der Waals surface area contributed by atoms with Gasteiger partial charge in [-0.3, -0.25) is 14.4 Å². The van der Waals surface area contributed by atoms with Crippen molar-refractivity contribution in [2.75, 3.05) is 13.7 Å². The van der Waals surface area contributed by atoms with Crippen LogP contribution in [-0.4, -0.2) is 49.4 Å². The van der Waals surface area contributed by atoms with E-state index < -0.39 is 24.0 Å². The molecule has 2 atom stereocenters. The topological polar surface area (TPSA) is 114 Å². The lowest BCUT2D eigenvalue weighted by Crippen LogP contribution is -2.51. The number of carbonyl (C=O) groups is 4. The highest BCUT2D eigenvalue weighted by Gasteiger charge is 2.25. The summed E-state index contributed by atoms with van der Waals surface area (Å²) < 4.78 is 4.56. The molecule has 3 N–H and O–H groups in total. The third-order valence-corrected chi connectivity index (χ3v) is 3.30. The van der Waals surface area contributed by atoms with Gasteiger partial charge in [-0.1, -0.05) is 20.4 Å². The second-order valence-corrected chi connectivity index (χ2v) is 6.29. The van der Waals surface area contributed by atoms with E-state index in [1.807, 2.05) is 13.8 Å². The summed E-state index contributed by atoms with van der Waals surface area (Å²) in [5.41, 5.74) is 0.356. The molecule has 0 aliphatic heterocycles. The van der Waals surface area contributed by atoms with Gasteiger partial charge in [0.2, 0.25) is 17.7 Å². The minimum atomic E-state index is -0.807. The average Bonchev–Trinajstić information content (AvgIpc) is 2.52. The molecule has 0 fully saturated rings.